The molecule has 2 aromatic rings. The molecule has 4 N–H and O–H groups in total. The van der Waals surface area contributed by atoms with Gasteiger partial charge in [0.1, 0.15) is 17.2 Å². The normalized spacial score (nSPS) is 29.6. The lowest BCUT2D eigenvalue weighted by Gasteiger charge is -2.48. The van der Waals surface area contributed by atoms with Gasteiger partial charge in [-0.1, -0.05) is 12.1 Å². The summed E-state index contributed by atoms with van der Waals surface area (Å²) in [5, 5.41) is 10.3. The van der Waals surface area contributed by atoms with Crippen LogP contribution in [0.1, 0.15) is 59.3 Å². The highest BCUT2D eigenvalue weighted by molar-refractivity contribution is 5.78. The smallest absolute Gasteiger partial charge is 0.410 e. The van der Waals surface area contributed by atoms with Gasteiger partial charge >= 0.3 is 6.09 Å². The number of para-hydroxylation sites is 1. The van der Waals surface area contributed by atoms with E-state index in [0.29, 0.717) is 29.8 Å². The molecule has 0 spiro atoms. The van der Waals surface area contributed by atoms with Gasteiger partial charge in [0.25, 0.3) is 0 Å². The first kappa shape index (κ1) is 31.6. The van der Waals surface area contributed by atoms with Crippen LogP contribution in [0.4, 0.5) is 16.3 Å². The zero-order valence-electron chi connectivity index (χ0n) is 28.0. The van der Waals surface area contributed by atoms with Crippen molar-refractivity contribution < 1.29 is 19.4 Å². The maximum absolute atomic E-state index is 12.4. The predicted molar refractivity (Wildman–Crippen MR) is 181 cm³/mol. The number of anilines is 2. The Hall–Kier alpha value is -2.95. The minimum atomic E-state index is -0.450. The van der Waals surface area contributed by atoms with Crippen LogP contribution in [0.3, 0.4) is 0 Å². The number of phenols is 1. The summed E-state index contributed by atoms with van der Waals surface area (Å²) >= 11 is 0. The number of carbonyl (C=O) groups is 1. The number of amides is 1. The molecule has 2 saturated carbocycles. The van der Waals surface area contributed by atoms with Crippen molar-refractivity contribution in [2.24, 2.45) is 17.8 Å². The number of fused-ring (bicyclic) bond motifs is 2. The van der Waals surface area contributed by atoms with Crippen molar-refractivity contribution in [1.29, 1.82) is 0 Å². The van der Waals surface area contributed by atoms with E-state index >= 15 is 0 Å². The molecule has 3 aliphatic heterocycles. The van der Waals surface area contributed by atoms with Crippen molar-refractivity contribution >= 4 is 17.6 Å². The Bertz CT molecular complexity index is 1340. The second-order valence-corrected chi connectivity index (χ2v) is 15.6. The number of hydrogen-bond donors (Lipinski definition) is 3. The molecule has 2 atom stereocenters. The van der Waals surface area contributed by atoms with Crippen molar-refractivity contribution in [1.82, 2.24) is 19.7 Å². The van der Waals surface area contributed by atoms with E-state index in [1.54, 1.807) is 6.07 Å². The lowest BCUT2D eigenvalue weighted by atomic mass is 9.84. The standard InChI is InChI=1S/C36H54N6O4/c1-36(2,3)46-35(44)41-12-10-27(11-13-41)45-28-18-26(19-28)40-16-14-39(15-17-40)23-30-24-8-9-25(30)22-42(21-24)32-20-31(38-34(32)37)29-6-4-5-7-33(29)43/h4-7,20,24-28,30,38,43H,8-19,21-23,37H2,1-3H3. The zero-order valence-corrected chi connectivity index (χ0v) is 28.0. The largest absolute Gasteiger partial charge is 0.507 e. The van der Waals surface area contributed by atoms with Crippen LogP contribution in [0.2, 0.25) is 0 Å². The van der Waals surface area contributed by atoms with Crippen molar-refractivity contribution in [2.45, 2.75) is 83.1 Å². The summed E-state index contributed by atoms with van der Waals surface area (Å²) in [7, 11) is 0. The fourth-order valence-corrected chi connectivity index (χ4v) is 8.73. The molecule has 7 rings (SSSR count). The van der Waals surface area contributed by atoms with Crippen LogP contribution >= 0.6 is 0 Å². The number of hydrogen-bond acceptors (Lipinski definition) is 8. The molecule has 46 heavy (non-hydrogen) atoms. The number of likely N-dealkylation sites (tertiary alicyclic amines) is 1. The first-order chi connectivity index (χ1) is 22.1. The van der Waals surface area contributed by atoms with Crippen LogP contribution in [-0.4, -0.2) is 114 Å². The van der Waals surface area contributed by atoms with E-state index in [-0.39, 0.29) is 17.9 Å². The third-order valence-electron chi connectivity index (χ3n) is 11.3. The summed E-state index contributed by atoms with van der Waals surface area (Å²) in [5.74, 6) is 3.15. The van der Waals surface area contributed by atoms with Crippen LogP contribution in [-0.2, 0) is 9.47 Å². The number of nitrogen functional groups attached to an aromatic ring is 1. The first-order valence-electron chi connectivity index (χ1n) is 17.7. The molecule has 2 aliphatic carbocycles. The van der Waals surface area contributed by atoms with Crippen molar-refractivity contribution in [2.75, 3.05) is 69.5 Å². The summed E-state index contributed by atoms with van der Waals surface area (Å²) in [6.45, 7) is 15.2. The predicted octanol–water partition coefficient (Wildman–Crippen LogP) is 5.00. The summed E-state index contributed by atoms with van der Waals surface area (Å²) in [6, 6.07) is 10.2. The lowest BCUT2D eigenvalue weighted by Crippen LogP contribution is -2.57. The first-order valence-corrected chi connectivity index (χ1v) is 17.7. The second kappa shape index (κ2) is 12.9. The van der Waals surface area contributed by atoms with E-state index in [9.17, 15) is 9.90 Å². The molecule has 2 unspecified atom stereocenters. The van der Waals surface area contributed by atoms with Gasteiger partial charge in [-0.15, -0.1) is 0 Å². The molecular weight excluding hydrogens is 580 g/mol. The number of rotatable bonds is 7. The molecule has 4 heterocycles. The van der Waals surface area contributed by atoms with Crippen LogP contribution < -0.4 is 10.6 Å². The minimum Gasteiger partial charge on any atom is -0.507 e. The monoisotopic (exact) mass is 634 g/mol. The molecular formula is C36H54N6O4. The fraction of sp³-hybridized carbons (Fsp3) is 0.694. The van der Waals surface area contributed by atoms with Gasteiger partial charge in [-0.05, 0) is 95.2 Å². The highest BCUT2D eigenvalue weighted by Crippen LogP contribution is 2.45. The van der Waals surface area contributed by atoms with Crippen LogP contribution in [0.5, 0.6) is 5.75 Å². The van der Waals surface area contributed by atoms with Gasteiger partial charge in [0, 0.05) is 70.5 Å². The number of piperazine rings is 1. The molecule has 1 amide bonds. The van der Waals surface area contributed by atoms with Crippen molar-refractivity contribution in [3.63, 3.8) is 0 Å². The number of carbonyl (C=O) groups excluding carboxylic acids is 1. The molecule has 5 aliphatic rings. The number of ether oxygens (including phenoxy) is 2. The van der Waals surface area contributed by atoms with Crippen LogP contribution in [0, 0.1) is 17.8 Å². The maximum atomic E-state index is 12.4. The molecule has 5 fully saturated rings. The summed E-state index contributed by atoms with van der Waals surface area (Å²) in [4.78, 5) is 25.4. The van der Waals surface area contributed by atoms with Gasteiger partial charge in [0.15, 0.2) is 0 Å². The minimum absolute atomic E-state index is 0.200. The van der Waals surface area contributed by atoms with Gasteiger partial charge in [0.2, 0.25) is 0 Å². The number of aromatic hydroxyl groups is 1. The van der Waals surface area contributed by atoms with Gasteiger partial charge in [-0.2, -0.15) is 0 Å². The molecule has 252 valence electrons. The Morgan fingerprint density at radius 2 is 1.63 bits per heavy atom. The molecule has 10 nitrogen and oxygen atoms in total. The number of phenolic OH excluding ortho intramolecular Hbond substituents is 1. The van der Waals surface area contributed by atoms with Crippen molar-refractivity contribution in [3.8, 4) is 17.0 Å². The van der Waals surface area contributed by atoms with Crippen LogP contribution in [0.25, 0.3) is 11.3 Å². The number of nitrogens with two attached hydrogens (primary N) is 1. The number of H-pyrrole nitrogens is 1. The lowest BCUT2D eigenvalue weighted by molar-refractivity contribution is -0.107. The molecule has 3 saturated heterocycles. The van der Waals surface area contributed by atoms with Gasteiger partial charge in [-0.25, -0.2) is 4.79 Å². The molecule has 1 aromatic carbocycles. The van der Waals surface area contributed by atoms with E-state index in [1.807, 2.05) is 43.9 Å². The number of nitrogens with zero attached hydrogens (tertiary/aromatic N) is 4. The van der Waals surface area contributed by atoms with E-state index in [1.165, 1.54) is 32.5 Å². The Kier molecular flexibility index (Phi) is 8.89. The molecule has 0 radical (unpaired) electrons. The van der Waals surface area contributed by atoms with E-state index in [0.717, 1.165) is 87.8 Å². The maximum Gasteiger partial charge on any atom is 0.410 e. The molecule has 10 heteroatoms. The third-order valence-corrected chi connectivity index (χ3v) is 11.3. The number of benzene rings is 1. The number of nitrogens with one attached hydrogen (secondary N) is 1. The zero-order chi connectivity index (χ0) is 32.0. The SMILES string of the molecule is CC(C)(C)OC(=O)N1CCC(OC2CC(N3CCN(CC4C5CCC4CN(c4cc(-c6ccccc6O)[nH]c4N)C5)CC3)C2)CC1. The highest BCUT2D eigenvalue weighted by Gasteiger charge is 2.44. The Morgan fingerprint density at radius 3 is 2.28 bits per heavy atom. The molecule has 1 aromatic heterocycles. The summed E-state index contributed by atoms with van der Waals surface area (Å²) in [6.07, 6.45) is 7.13. The molecule has 2 bridgehead atoms. The Balaban J connectivity index is 0.826. The fourth-order valence-electron chi connectivity index (χ4n) is 8.73. The Morgan fingerprint density at radius 1 is 0.957 bits per heavy atom. The number of piperidine rings is 2. The summed E-state index contributed by atoms with van der Waals surface area (Å²) in [5.41, 5.74) is 8.78. The van der Waals surface area contributed by atoms with Crippen LogP contribution in [0.15, 0.2) is 30.3 Å². The second-order valence-electron chi connectivity index (χ2n) is 15.6. The van der Waals surface area contributed by atoms with Gasteiger partial charge in [0.05, 0.1) is 23.6 Å². The topological polar surface area (TPSA) is 111 Å². The van der Waals surface area contributed by atoms with E-state index in [2.05, 4.69) is 25.8 Å². The number of aromatic nitrogens is 1. The average Bonchev–Trinajstić information content (AvgIpc) is 3.49. The van der Waals surface area contributed by atoms with Crippen molar-refractivity contribution in [3.05, 3.63) is 30.3 Å². The summed E-state index contributed by atoms with van der Waals surface area (Å²) < 4.78 is 12.0. The van der Waals surface area contributed by atoms with Gasteiger partial charge in [-0.3, -0.25) is 4.90 Å². The quantitative estimate of drug-likeness (QED) is 0.391. The van der Waals surface area contributed by atoms with E-state index < -0.39 is 5.60 Å². The average molecular weight is 635 g/mol. The highest BCUT2D eigenvalue weighted by atomic mass is 16.6. The third kappa shape index (κ3) is 6.85. The Labute approximate surface area is 274 Å². The van der Waals surface area contributed by atoms with E-state index in [4.69, 9.17) is 15.2 Å². The van der Waals surface area contributed by atoms with Gasteiger partial charge < -0.3 is 40.0 Å². The number of aromatic amines is 1.